The Morgan fingerprint density at radius 2 is 1.33 bits per heavy atom. The lowest BCUT2D eigenvalue weighted by molar-refractivity contribution is 0.476. The van der Waals surface area contributed by atoms with Crippen molar-refractivity contribution in [2.75, 3.05) is 0 Å². The molecule has 5 nitrogen and oxygen atoms in total. The third-order valence-electron chi connectivity index (χ3n) is 7.83. The third kappa shape index (κ3) is 4.51. The van der Waals surface area contributed by atoms with Crippen molar-refractivity contribution in [3.63, 3.8) is 0 Å². The van der Waals surface area contributed by atoms with Gasteiger partial charge < -0.3 is 9.67 Å². The van der Waals surface area contributed by atoms with Crippen molar-refractivity contribution in [3.8, 4) is 61.8 Å². The summed E-state index contributed by atoms with van der Waals surface area (Å²) in [6.07, 6.45) is 5.17. The standard InChI is InChI=1S/C37H28N4O/c1-24-22-39-33(21-31(24)27-16-14-26(15-17-27)25-8-4-3-5-9-25)29-11-6-10-28(20-29)30-12-7-13-34-36(30)40-37(41(34)2)32-23-38-19-18-35(32)42/h3-23H,1-2H3,(H,38,42). The Labute approximate surface area is 244 Å². The second kappa shape index (κ2) is 10.5. The molecule has 5 heteroatoms. The van der Waals surface area contributed by atoms with E-state index in [0.29, 0.717) is 11.4 Å². The van der Waals surface area contributed by atoms with Crippen LogP contribution >= 0.6 is 0 Å². The Morgan fingerprint density at radius 3 is 2.14 bits per heavy atom. The quantitative estimate of drug-likeness (QED) is 0.235. The number of hydrogen-bond acceptors (Lipinski definition) is 4. The van der Waals surface area contributed by atoms with E-state index in [-0.39, 0.29) is 5.75 Å². The van der Waals surface area contributed by atoms with Gasteiger partial charge >= 0.3 is 0 Å². The first-order valence-corrected chi connectivity index (χ1v) is 13.9. The molecule has 0 radical (unpaired) electrons. The Bertz CT molecular complexity index is 2060. The number of hydrogen-bond donors (Lipinski definition) is 1. The number of rotatable bonds is 5. The molecule has 0 saturated heterocycles. The van der Waals surface area contributed by atoms with Gasteiger partial charge in [-0.2, -0.15) is 0 Å². The van der Waals surface area contributed by atoms with Gasteiger partial charge in [0.25, 0.3) is 0 Å². The van der Waals surface area contributed by atoms with Crippen LogP contribution in [0.2, 0.25) is 0 Å². The lowest BCUT2D eigenvalue weighted by Gasteiger charge is -2.11. The Morgan fingerprint density at radius 1 is 0.619 bits per heavy atom. The van der Waals surface area contributed by atoms with Crippen LogP contribution in [0.5, 0.6) is 5.75 Å². The van der Waals surface area contributed by atoms with E-state index >= 15 is 0 Å². The largest absolute Gasteiger partial charge is 0.507 e. The highest BCUT2D eigenvalue weighted by Gasteiger charge is 2.17. The van der Waals surface area contributed by atoms with Gasteiger partial charge in [-0.25, -0.2) is 4.98 Å². The molecule has 1 N–H and O–H groups in total. The summed E-state index contributed by atoms with van der Waals surface area (Å²) in [5.41, 5.74) is 12.3. The summed E-state index contributed by atoms with van der Waals surface area (Å²) in [6.45, 7) is 2.10. The van der Waals surface area contributed by atoms with Crippen molar-refractivity contribution < 1.29 is 5.11 Å². The Kier molecular flexibility index (Phi) is 6.32. The minimum atomic E-state index is 0.155. The van der Waals surface area contributed by atoms with Crippen LogP contribution in [0.3, 0.4) is 0 Å². The zero-order chi connectivity index (χ0) is 28.6. The van der Waals surface area contributed by atoms with Gasteiger partial charge in [-0.3, -0.25) is 9.97 Å². The number of aromatic nitrogens is 4. The van der Waals surface area contributed by atoms with Crippen LogP contribution in [0.25, 0.3) is 67.1 Å². The number of benzene rings is 4. The van der Waals surface area contributed by atoms with Gasteiger partial charge in [0.05, 0.1) is 22.3 Å². The molecule has 0 unspecified atom stereocenters. The smallest absolute Gasteiger partial charge is 0.146 e. The summed E-state index contributed by atoms with van der Waals surface area (Å²) in [6, 6.07) is 37.5. The highest BCUT2D eigenvalue weighted by Crippen LogP contribution is 2.36. The fraction of sp³-hybridized carbons (Fsp3) is 0.0541. The molecule has 3 aromatic heterocycles. The summed E-state index contributed by atoms with van der Waals surface area (Å²) < 4.78 is 2.00. The average molecular weight is 545 g/mol. The molecule has 0 amide bonds. The third-order valence-corrected chi connectivity index (χ3v) is 7.83. The first-order chi connectivity index (χ1) is 20.6. The number of aromatic hydroxyl groups is 1. The van der Waals surface area contributed by atoms with Crippen LogP contribution in [0.4, 0.5) is 0 Å². The van der Waals surface area contributed by atoms with Gasteiger partial charge in [0.15, 0.2) is 0 Å². The fourth-order valence-electron chi connectivity index (χ4n) is 5.56. The van der Waals surface area contributed by atoms with E-state index in [4.69, 9.17) is 9.97 Å². The predicted molar refractivity (Wildman–Crippen MR) is 170 cm³/mol. The number of nitrogens with zero attached hydrogens (tertiary/aromatic N) is 4. The lowest BCUT2D eigenvalue weighted by Crippen LogP contribution is -1.93. The van der Waals surface area contributed by atoms with Gasteiger partial charge in [0.2, 0.25) is 0 Å². The topological polar surface area (TPSA) is 63.8 Å². The van der Waals surface area contributed by atoms with E-state index in [0.717, 1.165) is 50.1 Å². The van der Waals surface area contributed by atoms with E-state index in [1.165, 1.54) is 11.1 Å². The van der Waals surface area contributed by atoms with Crippen molar-refractivity contribution in [2.45, 2.75) is 6.92 Å². The number of aryl methyl sites for hydroxylation is 2. The van der Waals surface area contributed by atoms with E-state index in [1.807, 2.05) is 36.0 Å². The number of imidazole rings is 1. The maximum atomic E-state index is 10.5. The molecule has 0 atom stereocenters. The highest BCUT2D eigenvalue weighted by atomic mass is 16.3. The van der Waals surface area contributed by atoms with Crippen LogP contribution in [0.15, 0.2) is 128 Å². The molecule has 42 heavy (non-hydrogen) atoms. The van der Waals surface area contributed by atoms with E-state index in [9.17, 15) is 5.11 Å². The second-order valence-corrected chi connectivity index (χ2v) is 10.5. The molecule has 0 saturated carbocycles. The highest BCUT2D eigenvalue weighted by molar-refractivity contribution is 5.95. The first kappa shape index (κ1) is 25.4. The van der Waals surface area contributed by atoms with Crippen molar-refractivity contribution in [2.24, 2.45) is 7.05 Å². The summed E-state index contributed by atoms with van der Waals surface area (Å²) >= 11 is 0. The van der Waals surface area contributed by atoms with Crippen LogP contribution in [-0.2, 0) is 7.05 Å². The summed E-state index contributed by atoms with van der Waals surface area (Å²) in [5.74, 6) is 0.824. The Hall–Kier alpha value is -5.55. The van der Waals surface area contributed by atoms with Gasteiger partial charge in [0.1, 0.15) is 11.6 Å². The lowest BCUT2D eigenvalue weighted by atomic mass is 9.96. The van der Waals surface area contributed by atoms with Crippen LogP contribution in [-0.4, -0.2) is 24.6 Å². The summed E-state index contributed by atoms with van der Waals surface area (Å²) in [7, 11) is 1.96. The molecule has 202 valence electrons. The molecule has 0 aliphatic heterocycles. The van der Waals surface area contributed by atoms with Crippen molar-refractivity contribution in [1.29, 1.82) is 0 Å². The maximum absolute atomic E-state index is 10.5. The molecule has 0 spiro atoms. The molecule has 7 rings (SSSR count). The van der Waals surface area contributed by atoms with E-state index in [1.54, 1.807) is 18.5 Å². The normalized spacial score (nSPS) is 11.2. The zero-order valence-corrected chi connectivity index (χ0v) is 23.4. The molecular formula is C37H28N4O. The van der Waals surface area contributed by atoms with Crippen molar-refractivity contribution in [1.82, 2.24) is 19.5 Å². The van der Waals surface area contributed by atoms with Gasteiger partial charge in [-0.1, -0.05) is 84.9 Å². The molecule has 3 heterocycles. The minimum Gasteiger partial charge on any atom is -0.507 e. The molecule has 0 bridgehead atoms. The molecule has 4 aromatic carbocycles. The zero-order valence-electron chi connectivity index (χ0n) is 23.4. The maximum Gasteiger partial charge on any atom is 0.146 e. The minimum absolute atomic E-state index is 0.155. The number of fused-ring (bicyclic) bond motifs is 1. The molecular weight excluding hydrogens is 516 g/mol. The van der Waals surface area contributed by atoms with Crippen molar-refractivity contribution >= 4 is 11.0 Å². The molecule has 0 fully saturated rings. The SMILES string of the molecule is Cc1cnc(-c2cccc(-c3cccc4c3nc(-c3cnccc3O)n4C)c2)cc1-c1ccc(-c2ccccc2)cc1. The van der Waals surface area contributed by atoms with Gasteiger partial charge in [-0.15, -0.1) is 0 Å². The second-order valence-electron chi connectivity index (χ2n) is 10.5. The monoisotopic (exact) mass is 544 g/mol. The van der Waals surface area contributed by atoms with Crippen LogP contribution in [0.1, 0.15) is 5.56 Å². The van der Waals surface area contributed by atoms with E-state index in [2.05, 4.69) is 96.8 Å². The predicted octanol–water partition coefficient (Wildman–Crippen LogP) is 8.71. The fourth-order valence-corrected chi connectivity index (χ4v) is 5.56. The van der Waals surface area contributed by atoms with Crippen molar-refractivity contribution in [3.05, 3.63) is 133 Å². The molecule has 7 aromatic rings. The van der Waals surface area contributed by atoms with Gasteiger partial charge in [-0.05, 0) is 64.6 Å². The summed E-state index contributed by atoms with van der Waals surface area (Å²) in [4.78, 5) is 14.0. The Balaban J connectivity index is 1.27. The molecule has 0 aliphatic carbocycles. The number of pyridine rings is 2. The van der Waals surface area contributed by atoms with Crippen LogP contribution < -0.4 is 0 Å². The average Bonchev–Trinajstić information content (AvgIpc) is 3.38. The van der Waals surface area contributed by atoms with E-state index < -0.39 is 0 Å². The van der Waals surface area contributed by atoms with Gasteiger partial charge in [0, 0.05) is 36.8 Å². The molecule has 0 aliphatic rings. The number of para-hydroxylation sites is 1. The summed E-state index contributed by atoms with van der Waals surface area (Å²) in [5, 5.41) is 10.5. The van der Waals surface area contributed by atoms with Crippen LogP contribution in [0, 0.1) is 6.92 Å². The first-order valence-electron chi connectivity index (χ1n) is 13.9.